The molecule has 82 valence electrons. The van der Waals surface area contributed by atoms with E-state index in [-0.39, 0.29) is 11.5 Å². The predicted octanol–water partition coefficient (Wildman–Crippen LogP) is 3.65. The van der Waals surface area contributed by atoms with E-state index in [0.29, 0.717) is 28.1 Å². The van der Waals surface area contributed by atoms with E-state index >= 15 is 0 Å². The maximum atomic E-state index is 11.8. The van der Waals surface area contributed by atoms with E-state index in [1.54, 1.807) is 19.9 Å². The number of aromatic hydroxyl groups is 1. The lowest BCUT2D eigenvalue weighted by atomic mass is 9.98. The van der Waals surface area contributed by atoms with E-state index < -0.39 is 0 Å². The van der Waals surface area contributed by atoms with Crippen LogP contribution in [-0.2, 0) is 0 Å². The minimum atomic E-state index is -0.0434. The molecular weight excluding hydrogens is 212 g/mol. The number of carbonyl (C=O) groups excluding carboxylic acids is 1. The number of hydrogen-bond acceptors (Lipinski definition) is 2. The average Bonchev–Trinajstić information content (AvgIpc) is 2.16. The quantitative estimate of drug-likeness (QED) is 0.799. The average molecular weight is 227 g/mol. The maximum absolute atomic E-state index is 11.8. The van der Waals surface area contributed by atoms with Crippen molar-refractivity contribution in [2.24, 2.45) is 0 Å². The predicted molar refractivity (Wildman–Crippen MR) is 61.8 cm³/mol. The van der Waals surface area contributed by atoms with Crippen molar-refractivity contribution in [2.45, 2.75) is 33.6 Å². The summed E-state index contributed by atoms with van der Waals surface area (Å²) in [5.74, 6) is 0.0217. The van der Waals surface area contributed by atoms with E-state index in [9.17, 15) is 9.90 Å². The van der Waals surface area contributed by atoms with Crippen LogP contribution in [0.3, 0.4) is 0 Å². The van der Waals surface area contributed by atoms with Crippen molar-refractivity contribution in [1.29, 1.82) is 0 Å². The maximum Gasteiger partial charge on any atom is 0.166 e. The van der Waals surface area contributed by atoms with Gasteiger partial charge in [-0.1, -0.05) is 18.5 Å². The van der Waals surface area contributed by atoms with E-state index in [2.05, 4.69) is 0 Å². The van der Waals surface area contributed by atoms with Gasteiger partial charge in [-0.3, -0.25) is 4.79 Å². The Labute approximate surface area is 94.9 Å². The molecule has 0 atom stereocenters. The second kappa shape index (κ2) is 4.67. The summed E-state index contributed by atoms with van der Waals surface area (Å²) in [7, 11) is 0. The zero-order chi connectivity index (χ0) is 11.6. The van der Waals surface area contributed by atoms with Crippen molar-refractivity contribution in [3.8, 4) is 5.75 Å². The number of halogens is 1. The van der Waals surface area contributed by atoms with Crippen molar-refractivity contribution < 1.29 is 9.90 Å². The topological polar surface area (TPSA) is 37.3 Å². The summed E-state index contributed by atoms with van der Waals surface area (Å²) in [6.45, 7) is 5.43. The summed E-state index contributed by atoms with van der Waals surface area (Å²) in [6.07, 6.45) is 1.21. The van der Waals surface area contributed by atoms with Gasteiger partial charge < -0.3 is 5.11 Å². The van der Waals surface area contributed by atoms with Gasteiger partial charge in [0.15, 0.2) is 5.78 Å². The SMILES string of the molecule is CCCC(=O)c1c(C)c(Cl)cc(C)c1O. The van der Waals surface area contributed by atoms with Gasteiger partial charge in [0, 0.05) is 11.4 Å². The molecule has 0 saturated carbocycles. The number of hydrogen-bond donors (Lipinski definition) is 1. The normalized spacial score (nSPS) is 10.4. The van der Waals surface area contributed by atoms with Gasteiger partial charge in [0.1, 0.15) is 5.75 Å². The molecule has 1 N–H and O–H groups in total. The zero-order valence-corrected chi connectivity index (χ0v) is 9.98. The fourth-order valence-corrected chi connectivity index (χ4v) is 1.81. The highest BCUT2D eigenvalue weighted by Gasteiger charge is 2.17. The van der Waals surface area contributed by atoms with Crippen LogP contribution in [0.25, 0.3) is 0 Å². The Balaban J connectivity index is 3.32. The first-order valence-electron chi connectivity index (χ1n) is 5.00. The van der Waals surface area contributed by atoms with Crippen molar-refractivity contribution >= 4 is 17.4 Å². The third kappa shape index (κ3) is 2.32. The van der Waals surface area contributed by atoms with Crippen LogP contribution in [0.5, 0.6) is 5.75 Å². The van der Waals surface area contributed by atoms with E-state index in [4.69, 9.17) is 11.6 Å². The van der Waals surface area contributed by atoms with E-state index in [0.717, 1.165) is 6.42 Å². The van der Waals surface area contributed by atoms with Gasteiger partial charge in [-0.2, -0.15) is 0 Å². The highest BCUT2D eigenvalue weighted by molar-refractivity contribution is 6.32. The lowest BCUT2D eigenvalue weighted by Crippen LogP contribution is -2.03. The largest absolute Gasteiger partial charge is 0.507 e. The van der Waals surface area contributed by atoms with Crippen molar-refractivity contribution in [1.82, 2.24) is 0 Å². The van der Waals surface area contributed by atoms with Crippen LogP contribution >= 0.6 is 11.6 Å². The molecule has 15 heavy (non-hydrogen) atoms. The first-order chi connectivity index (χ1) is 6.99. The Morgan fingerprint density at radius 2 is 2.07 bits per heavy atom. The molecular formula is C12H15ClO2. The monoisotopic (exact) mass is 226 g/mol. The first-order valence-corrected chi connectivity index (χ1v) is 5.38. The number of rotatable bonds is 3. The molecule has 0 fully saturated rings. The molecule has 0 spiro atoms. The molecule has 1 rings (SSSR count). The van der Waals surface area contributed by atoms with Crippen LogP contribution in [-0.4, -0.2) is 10.9 Å². The molecule has 2 nitrogen and oxygen atoms in total. The van der Waals surface area contributed by atoms with Gasteiger partial charge in [-0.15, -0.1) is 0 Å². The van der Waals surface area contributed by atoms with Crippen LogP contribution in [0, 0.1) is 13.8 Å². The second-order valence-corrected chi connectivity index (χ2v) is 4.10. The molecule has 0 heterocycles. The lowest BCUT2D eigenvalue weighted by molar-refractivity contribution is 0.0978. The minimum absolute atomic E-state index is 0.0434. The van der Waals surface area contributed by atoms with Gasteiger partial charge >= 0.3 is 0 Å². The van der Waals surface area contributed by atoms with Crippen LogP contribution in [0.15, 0.2) is 6.07 Å². The van der Waals surface area contributed by atoms with Crippen LogP contribution in [0.2, 0.25) is 5.02 Å². The van der Waals surface area contributed by atoms with Gasteiger partial charge in [-0.05, 0) is 37.5 Å². The van der Waals surface area contributed by atoms with E-state index in [1.165, 1.54) is 0 Å². The Morgan fingerprint density at radius 1 is 1.47 bits per heavy atom. The first kappa shape index (κ1) is 12.1. The summed E-state index contributed by atoms with van der Waals surface area (Å²) in [4.78, 5) is 11.8. The van der Waals surface area contributed by atoms with Gasteiger partial charge in [0.2, 0.25) is 0 Å². The third-order valence-electron chi connectivity index (χ3n) is 2.44. The van der Waals surface area contributed by atoms with Crippen molar-refractivity contribution in [3.05, 3.63) is 27.8 Å². The number of carbonyl (C=O) groups is 1. The van der Waals surface area contributed by atoms with Crippen LogP contribution in [0.4, 0.5) is 0 Å². The molecule has 0 amide bonds. The van der Waals surface area contributed by atoms with Gasteiger partial charge in [-0.25, -0.2) is 0 Å². The molecule has 0 aliphatic rings. The zero-order valence-electron chi connectivity index (χ0n) is 9.22. The molecule has 0 radical (unpaired) electrons. The Bertz CT molecular complexity index is 371. The standard InChI is InChI=1S/C12H15ClO2/c1-4-5-10(14)11-8(3)9(13)6-7(2)12(11)15/h6,15H,4-5H2,1-3H3. The van der Waals surface area contributed by atoms with Gasteiger partial charge in [0.05, 0.1) is 5.56 Å². The highest BCUT2D eigenvalue weighted by atomic mass is 35.5. The summed E-state index contributed by atoms with van der Waals surface area (Å²) in [5, 5.41) is 10.4. The molecule has 1 aromatic rings. The van der Waals surface area contributed by atoms with E-state index in [1.807, 2.05) is 6.92 Å². The van der Waals surface area contributed by atoms with Crippen molar-refractivity contribution in [2.75, 3.05) is 0 Å². The Kier molecular flexibility index (Phi) is 3.75. The Hall–Kier alpha value is -1.02. The smallest absolute Gasteiger partial charge is 0.166 e. The summed E-state index contributed by atoms with van der Waals surface area (Å²) < 4.78 is 0. The molecule has 1 aromatic carbocycles. The number of Topliss-reactive ketones (excluding diaryl/α,β-unsaturated/α-hetero) is 1. The van der Waals surface area contributed by atoms with Crippen molar-refractivity contribution in [3.63, 3.8) is 0 Å². The lowest BCUT2D eigenvalue weighted by Gasteiger charge is -2.11. The minimum Gasteiger partial charge on any atom is -0.507 e. The molecule has 3 heteroatoms. The molecule has 0 aliphatic carbocycles. The second-order valence-electron chi connectivity index (χ2n) is 3.70. The van der Waals surface area contributed by atoms with Gasteiger partial charge in [0.25, 0.3) is 0 Å². The number of phenolic OH excluding ortho intramolecular Hbond substituents is 1. The third-order valence-corrected chi connectivity index (χ3v) is 2.84. The highest BCUT2D eigenvalue weighted by Crippen LogP contribution is 2.32. The van der Waals surface area contributed by atoms with Crippen LogP contribution in [0.1, 0.15) is 41.3 Å². The molecule has 0 unspecified atom stereocenters. The number of ketones is 1. The summed E-state index contributed by atoms with van der Waals surface area (Å²) in [5.41, 5.74) is 1.69. The number of benzene rings is 1. The molecule has 0 aromatic heterocycles. The summed E-state index contributed by atoms with van der Waals surface area (Å²) >= 11 is 5.97. The fourth-order valence-electron chi connectivity index (χ4n) is 1.55. The summed E-state index contributed by atoms with van der Waals surface area (Å²) in [6, 6.07) is 1.68. The molecule has 0 bridgehead atoms. The number of phenols is 1. The molecule has 0 aliphatic heterocycles. The Morgan fingerprint density at radius 3 is 2.60 bits per heavy atom. The van der Waals surface area contributed by atoms with Crippen LogP contribution < -0.4 is 0 Å². The fraction of sp³-hybridized carbons (Fsp3) is 0.417. The molecule has 0 saturated heterocycles. The number of aryl methyl sites for hydroxylation is 1.